The Kier molecular flexibility index (Phi) is 4.01. The van der Waals surface area contributed by atoms with Crippen LogP contribution >= 0.6 is 15.9 Å². The number of piperidine rings is 1. The molecule has 7 heteroatoms. The quantitative estimate of drug-likeness (QED) is 0.894. The normalized spacial score (nSPS) is 21.9. The highest BCUT2D eigenvalue weighted by atomic mass is 79.9. The average Bonchev–Trinajstić information content (AvgIpc) is 3.24. The van der Waals surface area contributed by atoms with Crippen molar-refractivity contribution in [2.45, 2.75) is 37.0 Å². The van der Waals surface area contributed by atoms with Crippen molar-refractivity contribution in [1.29, 1.82) is 0 Å². The van der Waals surface area contributed by atoms with E-state index < -0.39 is 10.0 Å². The molecular weight excluding hydrogens is 342 g/mol. The Morgan fingerprint density at radius 2 is 1.90 bits per heavy atom. The molecular formula is C13H18BrN3O2S. The summed E-state index contributed by atoms with van der Waals surface area (Å²) in [6.07, 6.45) is 6.90. The van der Waals surface area contributed by atoms with Crippen molar-refractivity contribution in [3.05, 3.63) is 22.9 Å². The van der Waals surface area contributed by atoms with E-state index >= 15 is 0 Å². The van der Waals surface area contributed by atoms with Crippen LogP contribution in [0.5, 0.6) is 0 Å². The van der Waals surface area contributed by atoms with Crippen LogP contribution in [0.2, 0.25) is 0 Å². The molecule has 0 radical (unpaired) electrons. The van der Waals surface area contributed by atoms with Gasteiger partial charge in [-0.05, 0) is 47.7 Å². The summed E-state index contributed by atoms with van der Waals surface area (Å²) in [6.45, 7) is 1.25. The van der Waals surface area contributed by atoms with Gasteiger partial charge in [0, 0.05) is 29.8 Å². The number of aromatic nitrogens is 1. The molecule has 1 saturated heterocycles. The largest absolute Gasteiger partial charge is 0.381 e. The summed E-state index contributed by atoms with van der Waals surface area (Å²) < 4.78 is 26.9. The van der Waals surface area contributed by atoms with E-state index in [1.54, 1.807) is 16.7 Å². The minimum Gasteiger partial charge on any atom is -0.381 e. The zero-order chi connectivity index (χ0) is 14.2. The number of hydrogen-bond donors (Lipinski definition) is 1. The fourth-order valence-electron chi connectivity index (χ4n) is 2.56. The first kappa shape index (κ1) is 14.3. The average molecular weight is 360 g/mol. The van der Waals surface area contributed by atoms with Crippen LogP contribution in [0.1, 0.15) is 25.7 Å². The zero-order valence-corrected chi connectivity index (χ0v) is 13.5. The molecule has 0 aromatic carbocycles. The lowest BCUT2D eigenvalue weighted by Gasteiger charge is -2.32. The summed E-state index contributed by atoms with van der Waals surface area (Å²) in [6, 6.07) is 2.30. The lowest BCUT2D eigenvalue weighted by Crippen LogP contribution is -2.43. The van der Waals surface area contributed by atoms with Crippen molar-refractivity contribution >= 4 is 31.6 Å². The van der Waals surface area contributed by atoms with Gasteiger partial charge in [0.05, 0.1) is 17.1 Å². The van der Waals surface area contributed by atoms with Gasteiger partial charge in [-0.25, -0.2) is 12.7 Å². The summed E-state index contributed by atoms with van der Waals surface area (Å²) in [4.78, 5) is 4.12. The molecule has 0 amide bonds. The first-order chi connectivity index (χ1) is 9.55. The van der Waals surface area contributed by atoms with Crippen molar-refractivity contribution < 1.29 is 8.42 Å². The third kappa shape index (κ3) is 3.15. The van der Waals surface area contributed by atoms with Crippen LogP contribution in [-0.4, -0.2) is 42.1 Å². The molecule has 110 valence electrons. The number of halogens is 1. The number of hydrogen-bond acceptors (Lipinski definition) is 4. The van der Waals surface area contributed by atoms with Gasteiger partial charge in [0.15, 0.2) is 0 Å². The summed E-state index contributed by atoms with van der Waals surface area (Å²) in [5.74, 6) is 0. The molecule has 3 rings (SSSR count). The maximum atomic E-state index is 12.1. The molecule has 0 unspecified atom stereocenters. The van der Waals surface area contributed by atoms with Crippen molar-refractivity contribution in [2.24, 2.45) is 0 Å². The van der Waals surface area contributed by atoms with Crippen LogP contribution in [0.15, 0.2) is 22.9 Å². The van der Waals surface area contributed by atoms with E-state index in [9.17, 15) is 8.42 Å². The second-order valence-electron chi connectivity index (χ2n) is 5.45. The fourth-order valence-corrected chi connectivity index (χ4v) is 4.80. The van der Waals surface area contributed by atoms with E-state index in [-0.39, 0.29) is 5.25 Å². The van der Waals surface area contributed by atoms with Gasteiger partial charge in [-0.15, -0.1) is 0 Å². The second-order valence-corrected chi connectivity index (χ2v) is 8.58. The summed E-state index contributed by atoms with van der Waals surface area (Å²) in [5.41, 5.74) is 0.975. The number of pyridine rings is 1. The van der Waals surface area contributed by atoms with Crippen LogP contribution < -0.4 is 5.32 Å². The minimum absolute atomic E-state index is 0.0960. The van der Waals surface area contributed by atoms with Gasteiger partial charge in [-0.3, -0.25) is 4.98 Å². The van der Waals surface area contributed by atoms with Gasteiger partial charge >= 0.3 is 0 Å². The topological polar surface area (TPSA) is 62.3 Å². The Labute approximate surface area is 127 Å². The van der Waals surface area contributed by atoms with Crippen LogP contribution in [0.4, 0.5) is 5.69 Å². The van der Waals surface area contributed by atoms with Crippen molar-refractivity contribution in [3.8, 4) is 0 Å². The lowest BCUT2D eigenvalue weighted by atomic mass is 10.1. The van der Waals surface area contributed by atoms with E-state index in [0.29, 0.717) is 19.1 Å². The lowest BCUT2D eigenvalue weighted by molar-refractivity contribution is 0.329. The van der Waals surface area contributed by atoms with Crippen LogP contribution in [-0.2, 0) is 10.0 Å². The molecule has 1 aliphatic carbocycles. The third-order valence-corrected chi connectivity index (χ3v) is 6.67. The fraction of sp³-hybridized carbons (Fsp3) is 0.615. The van der Waals surface area contributed by atoms with Gasteiger partial charge in [0.2, 0.25) is 10.0 Å². The van der Waals surface area contributed by atoms with Crippen molar-refractivity contribution in [2.75, 3.05) is 18.4 Å². The van der Waals surface area contributed by atoms with Crippen LogP contribution in [0.3, 0.4) is 0 Å². The van der Waals surface area contributed by atoms with Gasteiger partial charge in [0.25, 0.3) is 0 Å². The van der Waals surface area contributed by atoms with Crippen LogP contribution in [0.25, 0.3) is 0 Å². The molecule has 0 spiro atoms. The Bertz CT molecular complexity index is 581. The smallest absolute Gasteiger partial charge is 0.216 e. The zero-order valence-electron chi connectivity index (χ0n) is 11.1. The highest BCUT2D eigenvalue weighted by Crippen LogP contribution is 2.32. The van der Waals surface area contributed by atoms with E-state index in [2.05, 4.69) is 26.2 Å². The number of anilines is 1. The van der Waals surface area contributed by atoms with Crippen LogP contribution in [0, 0.1) is 0 Å². The molecule has 1 aromatic heterocycles. The Morgan fingerprint density at radius 1 is 1.20 bits per heavy atom. The minimum atomic E-state index is -3.01. The standard InChI is InChI=1S/C13H18BrN3O2S/c14-10-7-12(9-15-8-10)16-11-3-5-17(6-4-11)20(18,19)13-1-2-13/h7-9,11,13,16H,1-6H2. The van der Waals surface area contributed by atoms with Gasteiger partial charge in [-0.1, -0.05) is 0 Å². The van der Waals surface area contributed by atoms with Gasteiger partial charge in [-0.2, -0.15) is 0 Å². The van der Waals surface area contributed by atoms with E-state index in [1.807, 2.05) is 6.07 Å². The molecule has 2 aliphatic rings. The maximum absolute atomic E-state index is 12.1. The molecule has 1 aromatic rings. The Morgan fingerprint density at radius 3 is 2.50 bits per heavy atom. The highest BCUT2D eigenvalue weighted by Gasteiger charge is 2.41. The Hall–Kier alpha value is -0.660. The van der Waals surface area contributed by atoms with Gasteiger partial charge < -0.3 is 5.32 Å². The van der Waals surface area contributed by atoms with E-state index in [0.717, 1.165) is 35.8 Å². The predicted molar refractivity (Wildman–Crippen MR) is 82.1 cm³/mol. The number of sulfonamides is 1. The van der Waals surface area contributed by atoms with Crippen molar-refractivity contribution in [1.82, 2.24) is 9.29 Å². The van der Waals surface area contributed by atoms with Crippen molar-refractivity contribution in [3.63, 3.8) is 0 Å². The number of rotatable bonds is 4. The monoisotopic (exact) mass is 359 g/mol. The molecule has 1 aliphatic heterocycles. The summed E-state index contributed by atoms with van der Waals surface area (Å²) >= 11 is 3.40. The number of nitrogens with zero attached hydrogens (tertiary/aromatic N) is 2. The molecule has 0 bridgehead atoms. The first-order valence-corrected chi connectivity index (χ1v) is 9.21. The van der Waals surface area contributed by atoms with E-state index in [4.69, 9.17) is 0 Å². The molecule has 0 atom stereocenters. The summed E-state index contributed by atoms with van der Waals surface area (Å²) in [5, 5.41) is 3.33. The molecule has 2 fully saturated rings. The number of nitrogens with one attached hydrogen (secondary N) is 1. The molecule has 5 nitrogen and oxygen atoms in total. The third-order valence-electron chi connectivity index (χ3n) is 3.84. The Balaban J connectivity index is 1.56. The second kappa shape index (κ2) is 5.61. The molecule has 2 heterocycles. The first-order valence-electron chi connectivity index (χ1n) is 6.92. The van der Waals surface area contributed by atoms with E-state index in [1.165, 1.54) is 0 Å². The molecule has 1 saturated carbocycles. The predicted octanol–water partition coefficient (Wildman–Crippen LogP) is 2.21. The van der Waals surface area contributed by atoms with Gasteiger partial charge in [0.1, 0.15) is 0 Å². The maximum Gasteiger partial charge on any atom is 0.216 e. The summed E-state index contributed by atoms with van der Waals surface area (Å²) in [7, 11) is -3.01. The highest BCUT2D eigenvalue weighted by molar-refractivity contribution is 9.10. The molecule has 20 heavy (non-hydrogen) atoms. The SMILES string of the molecule is O=S(=O)(C1CC1)N1CCC(Nc2cncc(Br)c2)CC1. The molecule has 1 N–H and O–H groups in total.